The summed E-state index contributed by atoms with van der Waals surface area (Å²) in [6.07, 6.45) is 1.71. The van der Waals surface area contributed by atoms with Gasteiger partial charge in [0.05, 0.1) is 28.5 Å². The van der Waals surface area contributed by atoms with E-state index in [1.165, 1.54) is 12.1 Å². The molecule has 0 radical (unpaired) electrons. The molecule has 158 valence electrons. The molecule has 0 aliphatic carbocycles. The second-order valence-electron chi connectivity index (χ2n) is 7.55. The minimum atomic E-state index is -0.310. The van der Waals surface area contributed by atoms with Crippen molar-refractivity contribution in [3.8, 4) is 22.5 Å². The summed E-state index contributed by atoms with van der Waals surface area (Å²) in [5, 5.41) is 8.19. The molecule has 32 heavy (non-hydrogen) atoms. The van der Waals surface area contributed by atoms with Crippen LogP contribution >= 0.6 is 0 Å². The highest BCUT2D eigenvalue weighted by atomic mass is 19.1. The van der Waals surface area contributed by atoms with Crippen molar-refractivity contribution in [1.82, 2.24) is 20.1 Å². The van der Waals surface area contributed by atoms with Crippen LogP contribution < -0.4 is 5.32 Å². The number of rotatable bonds is 5. The fourth-order valence-corrected chi connectivity index (χ4v) is 3.61. The third-order valence-electron chi connectivity index (χ3n) is 5.34. The topological polar surface area (TPSA) is 76.7 Å². The van der Waals surface area contributed by atoms with E-state index in [0.29, 0.717) is 23.0 Å². The average molecular weight is 425 g/mol. The van der Waals surface area contributed by atoms with Crippen molar-refractivity contribution in [2.45, 2.75) is 19.9 Å². The molecule has 7 heteroatoms. The molecule has 1 atom stereocenters. The van der Waals surface area contributed by atoms with Crippen LogP contribution in [0.4, 0.5) is 10.3 Å². The maximum absolute atomic E-state index is 13.5. The summed E-state index contributed by atoms with van der Waals surface area (Å²) in [4.78, 5) is 13.8. The average Bonchev–Trinajstić information content (AvgIpc) is 3.19. The summed E-state index contributed by atoms with van der Waals surface area (Å²) >= 11 is 0. The molecule has 0 saturated heterocycles. The van der Waals surface area contributed by atoms with Gasteiger partial charge in [0, 0.05) is 17.3 Å². The maximum atomic E-state index is 13.5. The number of pyridine rings is 1. The Labute approximate surface area is 184 Å². The van der Waals surface area contributed by atoms with E-state index in [9.17, 15) is 4.39 Å². The van der Waals surface area contributed by atoms with Gasteiger partial charge in [0.2, 0.25) is 5.95 Å². The van der Waals surface area contributed by atoms with Crippen LogP contribution in [-0.4, -0.2) is 20.1 Å². The lowest BCUT2D eigenvalue weighted by Gasteiger charge is -2.15. The zero-order chi connectivity index (χ0) is 22.1. The molecule has 3 aromatic heterocycles. The van der Waals surface area contributed by atoms with Crippen molar-refractivity contribution >= 4 is 17.0 Å². The van der Waals surface area contributed by atoms with Gasteiger partial charge < -0.3 is 9.84 Å². The standard InChI is InChI=1S/C25H20FN5O/c1-15(17-6-4-3-5-7-17)28-25-27-13-12-22(29-25)21-14-20-16(2)31-32-24(20)30-23(21)18-8-10-19(26)11-9-18/h3-15H,1-2H3,(H,27,28,29)/t15-/m0/s1. The fraction of sp³-hybridized carbons (Fsp3) is 0.120. The molecule has 0 aliphatic rings. The van der Waals surface area contributed by atoms with Crippen molar-refractivity contribution in [2.24, 2.45) is 0 Å². The van der Waals surface area contributed by atoms with E-state index in [1.807, 2.05) is 37.3 Å². The van der Waals surface area contributed by atoms with Gasteiger partial charge in [-0.2, -0.15) is 0 Å². The Morgan fingerprint density at radius 1 is 0.969 bits per heavy atom. The first-order valence-electron chi connectivity index (χ1n) is 10.3. The van der Waals surface area contributed by atoms with Crippen LogP contribution in [0.1, 0.15) is 24.2 Å². The number of nitrogens with one attached hydrogen (secondary N) is 1. The SMILES string of the molecule is Cc1noc2nc(-c3ccc(F)cc3)c(-c3ccnc(N[C@@H](C)c4ccccc4)n3)cc12. The van der Waals surface area contributed by atoms with E-state index in [2.05, 4.69) is 39.5 Å². The molecule has 0 saturated carbocycles. The molecule has 0 amide bonds. The molecule has 2 aromatic carbocycles. The molecule has 5 rings (SSSR count). The van der Waals surface area contributed by atoms with Crippen LogP contribution in [0.2, 0.25) is 0 Å². The number of aromatic nitrogens is 4. The van der Waals surface area contributed by atoms with Crippen molar-refractivity contribution in [1.29, 1.82) is 0 Å². The number of hydrogen-bond donors (Lipinski definition) is 1. The van der Waals surface area contributed by atoms with Gasteiger partial charge in [-0.3, -0.25) is 0 Å². The van der Waals surface area contributed by atoms with Gasteiger partial charge in [-0.05, 0) is 55.8 Å². The number of nitrogens with zero attached hydrogens (tertiary/aromatic N) is 4. The summed E-state index contributed by atoms with van der Waals surface area (Å²) in [5.41, 5.74) is 5.17. The van der Waals surface area contributed by atoms with Crippen LogP contribution in [0.15, 0.2) is 77.4 Å². The van der Waals surface area contributed by atoms with Gasteiger partial charge in [0.1, 0.15) is 5.82 Å². The Bertz CT molecular complexity index is 1380. The quantitative estimate of drug-likeness (QED) is 0.374. The number of fused-ring (bicyclic) bond motifs is 1. The summed E-state index contributed by atoms with van der Waals surface area (Å²) in [6.45, 7) is 3.92. The molecule has 5 aromatic rings. The summed E-state index contributed by atoms with van der Waals surface area (Å²) < 4.78 is 18.9. The lowest BCUT2D eigenvalue weighted by Crippen LogP contribution is -2.09. The molecule has 0 spiro atoms. The highest BCUT2D eigenvalue weighted by Crippen LogP contribution is 2.34. The Hall–Kier alpha value is -4.13. The predicted molar refractivity (Wildman–Crippen MR) is 121 cm³/mol. The highest BCUT2D eigenvalue weighted by Gasteiger charge is 2.17. The van der Waals surface area contributed by atoms with Crippen molar-refractivity contribution in [3.05, 3.63) is 90.0 Å². The number of anilines is 1. The fourth-order valence-electron chi connectivity index (χ4n) is 3.61. The van der Waals surface area contributed by atoms with Gasteiger partial charge in [0.15, 0.2) is 0 Å². The van der Waals surface area contributed by atoms with E-state index in [0.717, 1.165) is 27.8 Å². The van der Waals surface area contributed by atoms with Gasteiger partial charge in [-0.15, -0.1) is 0 Å². The first-order chi connectivity index (χ1) is 15.6. The number of hydrogen-bond acceptors (Lipinski definition) is 6. The molecular formula is C25H20FN5O. The van der Waals surface area contributed by atoms with Crippen LogP contribution in [0, 0.1) is 12.7 Å². The number of benzene rings is 2. The second-order valence-corrected chi connectivity index (χ2v) is 7.55. The molecule has 0 unspecified atom stereocenters. The number of halogens is 1. The largest absolute Gasteiger partial charge is 0.348 e. The zero-order valence-corrected chi connectivity index (χ0v) is 17.6. The molecular weight excluding hydrogens is 405 g/mol. The third kappa shape index (κ3) is 3.80. The van der Waals surface area contributed by atoms with Crippen molar-refractivity contribution in [2.75, 3.05) is 5.32 Å². The second kappa shape index (κ2) is 8.19. The van der Waals surface area contributed by atoms with Gasteiger partial charge in [-0.1, -0.05) is 35.5 Å². The van der Waals surface area contributed by atoms with Crippen LogP contribution in [0.5, 0.6) is 0 Å². The normalized spacial score (nSPS) is 12.1. The van der Waals surface area contributed by atoms with E-state index in [1.54, 1.807) is 18.3 Å². The van der Waals surface area contributed by atoms with Crippen LogP contribution in [-0.2, 0) is 0 Å². The molecule has 0 fully saturated rings. The van der Waals surface area contributed by atoms with Crippen molar-refractivity contribution < 1.29 is 8.91 Å². The van der Waals surface area contributed by atoms with Crippen LogP contribution in [0.25, 0.3) is 33.6 Å². The minimum absolute atomic E-state index is 0.0314. The number of aryl methyl sites for hydroxylation is 1. The molecule has 0 bridgehead atoms. The van der Waals surface area contributed by atoms with Gasteiger partial charge >= 0.3 is 0 Å². The smallest absolute Gasteiger partial charge is 0.258 e. The summed E-state index contributed by atoms with van der Waals surface area (Å²) in [5.74, 6) is 0.196. The Morgan fingerprint density at radius 2 is 1.75 bits per heavy atom. The molecule has 1 N–H and O–H groups in total. The predicted octanol–water partition coefficient (Wildman–Crippen LogP) is 5.97. The minimum Gasteiger partial charge on any atom is -0.348 e. The highest BCUT2D eigenvalue weighted by molar-refractivity contribution is 5.89. The molecule has 6 nitrogen and oxygen atoms in total. The Morgan fingerprint density at radius 3 is 2.53 bits per heavy atom. The zero-order valence-electron chi connectivity index (χ0n) is 17.6. The van der Waals surface area contributed by atoms with E-state index in [-0.39, 0.29) is 11.9 Å². The summed E-state index contributed by atoms with van der Waals surface area (Å²) in [7, 11) is 0. The monoisotopic (exact) mass is 425 g/mol. The third-order valence-corrected chi connectivity index (χ3v) is 5.34. The molecule has 3 heterocycles. The maximum Gasteiger partial charge on any atom is 0.258 e. The van der Waals surface area contributed by atoms with Crippen molar-refractivity contribution in [3.63, 3.8) is 0 Å². The van der Waals surface area contributed by atoms with E-state index in [4.69, 9.17) is 9.51 Å². The van der Waals surface area contributed by atoms with Gasteiger partial charge in [0.25, 0.3) is 5.71 Å². The Balaban J connectivity index is 1.59. The van der Waals surface area contributed by atoms with Crippen LogP contribution in [0.3, 0.4) is 0 Å². The lowest BCUT2D eigenvalue weighted by atomic mass is 10.0. The molecule has 0 aliphatic heterocycles. The lowest BCUT2D eigenvalue weighted by molar-refractivity contribution is 0.443. The first-order valence-corrected chi connectivity index (χ1v) is 10.3. The summed E-state index contributed by atoms with van der Waals surface area (Å²) in [6, 6.07) is 20.1. The van der Waals surface area contributed by atoms with E-state index < -0.39 is 0 Å². The Kier molecular flexibility index (Phi) is 5.07. The van der Waals surface area contributed by atoms with E-state index >= 15 is 0 Å². The first kappa shape index (κ1) is 19.8. The van der Waals surface area contributed by atoms with Gasteiger partial charge in [-0.25, -0.2) is 19.3 Å².